The Morgan fingerprint density at radius 3 is 0.889 bits per heavy atom. The van der Waals surface area contributed by atoms with Crippen LogP contribution in [0.15, 0.2) is 0 Å². The maximum absolute atomic E-state index is 4.49. The van der Waals surface area contributed by atoms with Gasteiger partial charge in [0.15, 0.2) is 0 Å². The number of rotatable bonds is 0. The van der Waals surface area contributed by atoms with Gasteiger partial charge in [0.2, 0.25) is 0 Å². The van der Waals surface area contributed by atoms with Crippen molar-refractivity contribution in [2.24, 2.45) is 0 Å². The second-order valence-corrected chi connectivity index (χ2v) is 5.15. The summed E-state index contributed by atoms with van der Waals surface area (Å²) in [6.45, 7) is 0. The zero-order valence-corrected chi connectivity index (χ0v) is 8.20. The Bertz CT molecular complexity index is 359. The summed E-state index contributed by atoms with van der Waals surface area (Å²) in [6.07, 6.45) is 0. The molecule has 0 saturated carbocycles. The quantitative estimate of drug-likeness (QED) is 0.460. The van der Waals surface area contributed by atoms with Gasteiger partial charge in [0.05, 0.1) is 0 Å². The molecule has 0 nitrogen and oxygen atoms in total. The SMILES string of the molecule is S=[C]=[Ni](=[C]=S)(=[C]=S)=[C]=S. The molecule has 9 heavy (non-hydrogen) atoms. The van der Waals surface area contributed by atoms with Crippen LogP contribution in [-0.2, 0) is 10.7 Å². The van der Waals surface area contributed by atoms with E-state index in [-0.39, 0.29) is 0 Å². The molecular formula is C4NiS4. The summed E-state index contributed by atoms with van der Waals surface area (Å²) in [4.78, 5) is 0. The van der Waals surface area contributed by atoms with Crippen LogP contribution >= 0.6 is 48.9 Å². The average Bonchev–Trinajstić information content (AvgIpc) is 1.95. The van der Waals surface area contributed by atoms with E-state index in [1.165, 1.54) is 0 Å². The predicted octanol–water partition coefficient (Wildman–Crippen LogP) is 1.48. The summed E-state index contributed by atoms with van der Waals surface area (Å²) in [5.74, 6) is 0. The maximum atomic E-state index is 4.49. The van der Waals surface area contributed by atoms with E-state index in [2.05, 4.69) is 64.6 Å². The molecule has 0 aliphatic rings. The minimum absolute atomic E-state index is 1.99. The van der Waals surface area contributed by atoms with Crippen LogP contribution in [0.25, 0.3) is 0 Å². The molecule has 0 aromatic heterocycles. The van der Waals surface area contributed by atoms with Crippen LogP contribution in [0, 0.1) is 0 Å². The first-order valence-electron chi connectivity index (χ1n) is 1.45. The molecule has 0 aliphatic heterocycles. The fourth-order valence-corrected chi connectivity index (χ4v) is 2.93. The second-order valence-electron chi connectivity index (χ2n) is 0.733. The van der Waals surface area contributed by atoms with Gasteiger partial charge in [-0.15, -0.1) is 0 Å². The summed E-state index contributed by atoms with van der Waals surface area (Å²) < 4.78 is 9.58. The van der Waals surface area contributed by atoms with Gasteiger partial charge >= 0.3 is 75.3 Å². The summed E-state index contributed by atoms with van der Waals surface area (Å²) in [5, 5.41) is 0. The molecule has 0 atom stereocenters. The van der Waals surface area contributed by atoms with Gasteiger partial charge in [0.1, 0.15) is 0 Å². The van der Waals surface area contributed by atoms with Crippen molar-refractivity contribution in [1.82, 2.24) is 0 Å². The first kappa shape index (κ1) is 9.49. The number of hydrogen-bond donors (Lipinski definition) is 0. The Balaban J connectivity index is 7.65. The van der Waals surface area contributed by atoms with E-state index in [1.807, 2.05) is 0 Å². The summed E-state index contributed by atoms with van der Waals surface area (Å²) in [5.41, 5.74) is 0. The molecule has 0 bridgehead atoms. The van der Waals surface area contributed by atoms with Gasteiger partial charge in [-0.1, -0.05) is 0 Å². The Labute approximate surface area is 74.8 Å². The second kappa shape index (κ2) is 4.33. The van der Waals surface area contributed by atoms with Crippen LogP contribution in [0.5, 0.6) is 0 Å². The van der Waals surface area contributed by atoms with Crippen molar-refractivity contribution in [3.05, 3.63) is 0 Å². The van der Waals surface area contributed by atoms with Gasteiger partial charge in [-0.25, -0.2) is 0 Å². The molecule has 0 rings (SSSR count). The Hall–Kier alpha value is 0.494. The van der Waals surface area contributed by atoms with Crippen LogP contribution < -0.4 is 0 Å². The van der Waals surface area contributed by atoms with Crippen molar-refractivity contribution >= 4 is 64.6 Å². The van der Waals surface area contributed by atoms with E-state index >= 15 is 0 Å². The van der Waals surface area contributed by atoms with Gasteiger partial charge in [-0.2, -0.15) is 0 Å². The fraction of sp³-hybridized carbons (Fsp3) is 0. The van der Waals surface area contributed by atoms with E-state index in [4.69, 9.17) is 0 Å². The molecule has 5 heteroatoms. The number of hydrogen-bond acceptors (Lipinski definition) is 4. The van der Waals surface area contributed by atoms with Crippen LogP contribution in [0.1, 0.15) is 0 Å². The predicted molar refractivity (Wildman–Crippen MR) is 50.4 cm³/mol. The first-order valence-corrected chi connectivity index (χ1v) is 5.06. The molecule has 50 valence electrons. The minimum atomic E-state index is -1.99. The standard InChI is InChI=1S/4CS.Ni/c4*1-2;. The zero-order chi connectivity index (χ0) is 7.33. The van der Waals surface area contributed by atoms with E-state index < -0.39 is 10.7 Å². The summed E-state index contributed by atoms with van der Waals surface area (Å²) in [7, 11) is -1.99. The van der Waals surface area contributed by atoms with Crippen molar-refractivity contribution in [3.63, 3.8) is 0 Å². The molecule has 0 spiro atoms. The average molecular weight is 235 g/mol. The normalized spacial score (nSPS) is 9.78. The Morgan fingerprint density at radius 2 is 0.889 bits per heavy atom. The third kappa shape index (κ3) is 2.29. The molecule has 0 amide bonds. The molecule has 0 aliphatic carbocycles. The van der Waals surface area contributed by atoms with Crippen LogP contribution in [-0.4, -0.2) is 15.8 Å². The van der Waals surface area contributed by atoms with Crippen molar-refractivity contribution in [1.29, 1.82) is 0 Å². The Morgan fingerprint density at radius 1 is 0.667 bits per heavy atom. The van der Waals surface area contributed by atoms with Crippen LogP contribution in [0.4, 0.5) is 0 Å². The van der Waals surface area contributed by atoms with Crippen LogP contribution in [0.3, 0.4) is 0 Å². The molecule has 0 unspecified atom stereocenters. The van der Waals surface area contributed by atoms with Gasteiger partial charge in [0, 0.05) is 0 Å². The van der Waals surface area contributed by atoms with Gasteiger partial charge < -0.3 is 0 Å². The van der Waals surface area contributed by atoms with E-state index in [9.17, 15) is 0 Å². The number of thiocarbonyl (C=S) groups is 4. The first-order chi connectivity index (χ1) is 4.24. The van der Waals surface area contributed by atoms with E-state index in [1.54, 1.807) is 0 Å². The van der Waals surface area contributed by atoms with Gasteiger partial charge in [-0.05, 0) is 0 Å². The fourth-order valence-electron chi connectivity index (χ4n) is 0.0791. The monoisotopic (exact) mass is 234 g/mol. The summed E-state index contributed by atoms with van der Waals surface area (Å²) in [6, 6.07) is 0. The third-order valence-electron chi connectivity index (χ3n) is 0.387. The van der Waals surface area contributed by atoms with Crippen molar-refractivity contribution < 1.29 is 10.7 Å². The van der Waals surface area contributed by atoms with Crippen LogP contribution in [0.2, 0.25) is 0 Å². The van der Waals surface area contributed by atoms with Gasteiger partial charge in [0.25, 0.3) is 0 Å². The van der Waals surface area contributed by atoms with Crippen molar-refractivity contribution in [2.75, 3.05) is 0 Å². The zero-order valence-electron chi connectivity index (χ0n) is 3.95. The molecule has 0 N–H and O–H groups in total. The Kier molecular flexibility index (Phi) is 4.57. The molecule has 0 saturated heterocycles. The van der Waals surface area contributed by atoms with Gasteiger partial charge in [-0.3, -0.25) is 0 Å². The van der Waals surface area contributed by atoms with E-state index in [0.29, 0.717) is 0 Å². The van der Waals surface area contributed by atoms with Crippen molar-refractivity contribution in [3.8, 4) is 0 Å². The molecule has 0 aromatic rings. The van der Waals surface area contributed by atoms with E-state index in [0.717, 1.165) is 0 Å². The molecule has 0 heterocycles. The topological polar surface area (TPSA) is 0 Å². The third-order valence-corrected chi connectivity index (χ3v) is 4.79. The molecular weight excluding hydrogens is 235 g/mol. The summed E-state index contributed by atoms with van der Waals surface area (Å²) >= 11 is 17.9. The molecule has 0 fully saturated rings. The molecule has 0 radical (unpaired) electrons. The van der Waals surface area contributed by atoms with Crippen molar-refractivity contribution in [2.45, 2.75) is 0 Å². The molecule has 0 aromatic carbocycles.